The molecule has 0 saturated carbocycles. The SMILES string of the molecule is [2H]c1ccc(C(C)(C)c2ccc(C)cc2)cc1. The van der Waals surface area contributed by atoms with Gasteiger partial charge in [-0.1, -0.05) is 74.0 Å². The molecule has 16 heavy (non-hydrogen) atoms. The quantitative estimate of drug-likeness (QED) is 0.694. The molecular weight excluding hydrogens is 192 g/mol. The maximum atomic E-state index is 7.53. The molecule has 0 nitrogen and oxygen atoms in total. The minimum atomic E-state index is -0.0125. The molecule has 0 aliphatic heterocycles. The Labute approximate surface area is 99.4 Å². The second kappa shape index (κ2) is 4.13. The number of hydrogen-bond donors (Lipinski definition) is 0. The Morgan fingerprint density at radius 3 is 1.94 bits per heavy atom. The lowest BCUT2D eigenvalue weighted by atomic mass is 9.78. The fourth-order valence-electron chi connectivity index (χ4n) is 1.94. The molecule has 0 radical (unpaired) electrons. The highest BCUT2D eigenvalue weighted by molar-refractivity contribution is 5.38. The lowest BCUT2D eigenvalue weighted by molar-refractivity contribution is 0.640. The first-order valence-electron chi connectivity index (χ1n) is 6.14. The second-order valence-electron chi connectivity index (χ2n) is 4.78. The van der Waals surface area contributed by atoms with Gasteiger partial charge in [0.1, 0.15) is 0 Å². The average Bonchev–Trinajstić information content (AvgIpc) is 2.30. The predicted octanol–water partition coefficient (Wildman–Crippen LogP) is 4.32. The molecule has 0 N–H and O–H groups in total. The topological polar surface area (TPSA) is 0 Å². The van der Waals surface area contributed by atoms with Crippen molar-refractivity contribution in [3.8, 4) is 0 Å². The van der Waals surface area contributed by atoms with Gasteiger partial charge in [-0.3, -0.25) is 0 Å². The number of hydrogen-bond acceptors (Lipinski definition) is 0. The highest BCUT2D eigenvalue weighted by Gasteiger charge is 2.22. The summed E-state index contributed by atoms with van der Waals surface area (Å²) in [5.41, 5.74) is 3.82. The summed E-state index contributed by atoms with van der Waals surface area (Å²) in [6.45, 7) is 6.54. The zero-order valence-corrected chi connectivity index (χ0v) is 10.1. The largest absolute Gasteiger partial charge is 0.0623 e. The smallest absolute Gasteiger partial charge is 0.0622 e. The van der Waals surface area contributed by atoms with Crippen LogP contribution >= 0.6 is 0 Å². The van der Waals surface area contributed by atoms with Crippen molar-refractivity contribution in [1.82, 2.24) is 0 Å². The number of benzene rings is 2. The van der Waals surface area contributed by atoms with E-state index in [0.29, 0.717) is 6.04 Å². The summed E-state index contributed by atoms with van der Waals surface area (Å²) in [4.78, 5) is 0. The Morgan fingerprint density at radius 2 is 1.38 bits per heavy atom. The van der Waals surface area contributed by atoms with Crippen molar-refractivity contribution in [2.24, 2.45) is 0 Å². The van der Waals surface area contributed by atoms with E-state index in [-0.39, 0.29) is 5.41 Å². The summed E-state index contributed by atoms with van der Waals surface area (Å²) in [5.74, 6) is 0. The van der Waals surface area contributed by atoms with Crippen molar-refractivity contribution in [1.29, 1.82) is 0 Å². The molecule has 2 aromatic rings. The summed E-state index contributed by atoms with van der Waals surface area (Å²) in [5, 5.41) is 0. The van der Waals surface area contributed by atoms with Gasteiger partial charge < -0.3 is 0 Å². The van der Waals surface area contributed by atoms with E-state index in [2.05, 4.69) is 45.0 Å². The summed E-state index contributed by atoms with van der Waals surface area (Å²) in [6, 6.07) is 17.0. The van der Waals surface area contributed by atoms with Crippen molar-refractivity contribution in [2.45, 2.75) is 26.2 Å². The van der Waals surface area contributed by atoms with Crippen LogP contribution in [0.5, 0.6) is 0 Å². The Bertz CT molecular complexity index is 445. The van der Waals surface area contributed by atoms with Crippen LogP contribution in [0.2, 0.25) is 0 Å². The molecule has 0 spiro atoms. The third-order valence-corrected chi connectivity index (χ3v) is 3.21. The third kappa shape index (κ3) is 2.01. The van der Waals surface area contributed by atoms with Gasteiger partial charge in [-0.2, -0.15) is 0 Å². The number of aryl methyl sites for hydroxylation is 1. The normalized spacial score (nSPS) is 12.3. The van der Waals surface area contributed by atoms with E-state index < -0.39 is 0 Å². The molecule has 82 valence electrons. The summed E-state index contributed by atoms with van der Waals surface area (Å²) in [7, 11) is 0. The molecule has 2 rings (SSSR count). The summed E-state index contributed by atoms with van der Waals surface area (Å²) >= 11 is 0. The van der Waals surface area contributed by atoms with E-state index in [4.69, 9.17) is 1.37 Å². The molecule has 0 saturated heterocycles. The molecule has 0 unspecified atom stereocenters. The van der Waals surface area contributed by atoms with Gasteiger partial charge in [0.15, 0.2) is 0 Å². The van der Waals surface area contributed by atoms with Crippen LogP contribution in [0.1, 0.15) is 31.9 Å². The minimum absolute atomic E-state index is 0.0125. The zero-order valence-electron chi connectivity index (χ0n) is 11.1. The molecule has 0 aliphatic rings. The molecule has 0 fully saturated rings. The monoisotopic (exact) mass is 211 g/mol. The molecule has 0 aromatic heterocycles. The Morgan fingerprint density at radius 1 is 0.875 bits per heavy atom. The average molecular weight is 211 g/mol. The van der Waals surface area contributed by atoms with Crippen LogP contribution in [-0.2, 0) is 5.41 Å². The number of rotatable bonds is 2. The molecule has 0 atom stereocenters. The Hall–Kier alpha value is -1.56. The van der Waals surface area contributed by atoms with Crippen LogP contribution in [0.3, 0.4) is 0 Å². The fourth-order valence-corrected chi connectivity index (χ4v) is 1.94. The fraction of sp³-hybridized carbons (Fsp3) is 0.250. The van der Waals surface area contributed by atoms with Gasteiger partial charge in [0.25, 0.3) is 0 Å². The van der Waals surface area contributed by atoms with E-state index in [1.807, 2.05) is 24.3 Å². The third-order valence-electron chi connectivity index (χ3n) is 3.21. The second-order valence-corrected chi connectivity index (χ2v) is 4.78. The lowest BCUT2D eigenvalue weighted by Gasteiger charge is -2.26. The van der Waals surface area contributed by atoms with Crippen LogP contribution in [-0.4, -0.2) is 0 Å². The van der Waals surface area contributed by atoms with Crippen LogP contribution in [0.25, 0.3) is 0 Å². The van der Waals surface area contributed by atoms with Gasteiger partial charge >= 0.3 is 0 Å². The Kier molecular flexibility index (Phi) is 2.49. The molecule has 0 aliphatic carbocycles. The van der Waals surface area contributed by atoms with Crippen molar-refractivity contribution < 1.29 is 1.37 Å². The Balaban J connectivity index is 2.41. The molecule has 0 bridgehead atoms. The molecular formula is C16H18. The van der Waals surface area contributed by atoms with Gasteiger partial charge in [0.2, 0.25) is 0 Å². The maximum Gasteiger partial charge on any atom is 0.0623 e. The first-order chi connectivity index (χ1) is 8.00. The van der Waals surface area contributed by atoms with Crippen molar-refractivity contribution in [3.05, 3.63) is 71.3 Å². The molecule has 2 aromatic carbocycles. The van der Waals surface area contributed by atoms with Gasteiger partial charge in [0.05, 0.1) is 1.37 Å². The zero-order chi connectivity index (χ0) is 12.5. The standard InChI is InChI=1S/C16H18/c1-13-9-11-15(12-10-13)16(2,3)14-7-5-4-6-8-14/h4-12H,1-3H3/i4D. The van der Waals surface area contributed by atoms with E-state index >= 15 is 0 Å². The summed E-state index contributed by atoms with van der Waals surface area (Å²) in [6.07, 6.45) is 0. The minimum Gasteiger partial charge on any atom is -0.0622 e. The lowest BCUT2D eigenvalue weighted by Crippen LogP contribution is -2.18. The van der Waals surface area contributed by atoms with E-state index in [1.165, 1.54) is 16.7 Å². The molecule has 0 heteroatoms. The van der Waals surface area contributed by atoms with Gasteiger partial charge in [0, 0.05) is 5.41 Å². The van der Waals surface area contributed by atoms with Crippen LogP contribution < -0.4 is 0 Å². The van der Waals surface area contributed by atoms with E-state index in [1.54, 1.807) is 0 Å². The molecule has 0 heterocycles. The van der Waals surface area contributed by atoms with Crippen molar-refractivity contribution in [3.63, 3.8) is 0 Å². The van der Waals surface area contributed by atoms with Crippen LogP contribution in [0, 0.1) is 6.92 Å². The highest BCUT2D eigenvalue weighted by Crippen LogP contribution is 2.31. The van der Waals surface area contributed by atoms with Crippen LogP contribution in [0.15, 0.2) is 54.6 Å². The first-order valence-corrected chi connectivity index (χ1v) is 5.64. The van der Waals surface area contributed by atoms with Crippen LogP contribution in [0.4, 0.5) is 0 Å². The van der Waals surface area contributed by atoms with Crippen molar-refractivity contribution in [2.75, 3.05) is 0 Å². The van der Waals surface area contributed by atoms with Gasteiger partial charge in [-0.05, 0) is 18.1 Å². The first kappa shape index (κ1) is 9.65. The highest BCUT2D eigenvalue weighted by atomic mass is 14.3. The maximum absolute atomic E-state index is 7.53. The van der Waals surface area contributed by atoms with E-state index in [9.17, 15) is 0 Å². The van der Waals surface area contributed by atoms with Gasteiger partial charge in [-0.25, -0.2) is 0 Å². The van der Waals surface area contributed by atoms with Gasteiger partial charge in [-0.15, -0.1) is 0 Å². The summed E-state index contributed by atoms with van der Waals surface area (Å²) < 4.78 is 7.53. The predicted molar refractivity (Wildman–Crippen MR) is 69.7 cm³/mol. The molecule has 0 amide bonds. The van der Waals surface area contributed by atoms with Crippen molar-refractivity contribution >= 4 is 0 Å². The van der Waals surface area contributed by atoms with E-state index in [0.717, 1.165) is 0 Å².